The minimum Gasteiger partial charge on any atom is -0.451 e. The summed E-state index contributed by atoms with van der Waals surface area (Å²) in [5.41, 5.74) is 4.03. The lowest BCUT2D eigenvalue weighted by Gasteiger charge is -2.30. The lowest BCUT2D eigenvalue weighted by Crippen LogP contribution is -2.38. The maximum absolute atomic E-state index is 13.0. The fourth-order valence-corrected chi connectivity index (χ4v) is 5.43. The van der Waals surface area contributed by atoms with Gasteiger partial charge in [-0.1, -0.05) is 25.0 Å². The second-order valence-electron chi connectivity index (χ2n) is 8.20. The summed E-state index contributed by atoms with van der Waals surface area (Å²) in [4.78, 5) is 16.9. The Balaban J connectivity index is 1.54. The Labute approximate surface area is 176 Å². The molecule has 1 amide bonds. The van der Waals surface area contributed by atoms with Gasteiger partial charge in [-0.25, -0.2) is 0 Å². The van der Waals surface area contributed by atoms with Gasteiger partial charge in [-0.05, 0) is 75.3 Å². The molecule has 1 fully saturated rings. The van der Waals surface area contributed by atoms with Crippen LogP contribution in [-0.2, 0) is 0 Å². The zero-order chi connectivity index (χ0) is 20.4. The van der Waals surface area contributed by atoms with E-state index in [0.717, 1.165) is 40.7 Å². The van der Waals surface area contributed by atoms with Crippen LogP contribution in [0.25, 0.3) is 11.0 Å². The van der Waals surface area contributed by atoms with Crippen molar-refractivity contribution >= 4 is 28.2 Å². The first kappa shape index (κ1) is 20.2. The van der Waals surface area contributed by atoms with Crippen molar-refractivity contribution in [2.24, 2.45) is 0 Å². The van der Waals surface area contributed by atoms with Crippen molar-refractivity contribution in [3.05, 3.63) is 57.0 Å². The van der Waals surface area contributed by atoms with Gasteiger partial charge in [0.2, 0.25) is 0 Å². The van der Waals surface area contributed by atoms with Gasteiger partial charge < -0.3 is 9.73 Å². The number of fused-ring (bicyclic) bond motifs is 1. The maximum Gasteiger partial charge on any atom is 0.287 e. The Morgan fingerprint density at radius 2 is 1.93 bits per heavy atom. The van der Waals surface area contributed by atoms with Gasteiger partial charge in [0.05, 0.1) is 6.04 Å². The lowest BCUT2D eigenvalue weighted by molar-refractivity contribution is 0.0907. The highest BCUT2D eigenvalue weighted by molar-refractivity contribution is 7.10. The highest BCUT2D eigenvalue weighted by atomic mass is 32.1. The number of nitrogens with one attached hydrogen (secondary N) is 1. The van der Waals surface area contributed by atoms with Crippen LogP contribution in [0.15, 0.2) is 34.1 Å². The van der Waals surface area contributed by atoms with Crippen LogP contribution in [0.5, 0.6) is 0 Å². The molecule has 1 aromatic carbocycles. The van der Waals surface area contributed by atoms with Crippen molar-refractivity contribution in [1.82, 2.24) is 10.2 Å². The minimum absolute atomic E-state index is 0.118. The van der Waals surface area contributed by atoms with E-state index in [1.54, 1.807) is 11.3 Å². The zero-order valence-corrected chi connectivity index (χ0v) is 18.4. The number of thiophene rings is 1. The van der Waals surface area contributed by atoms with Crippen LogP contribution in [0.4, 0.5) is 0 Å². The summed E-state index contributed by atoms with van der Waals surface area (Å²) in [5.74, 6) is 0.321. The topological polar surface area (TPSA) is 45.5 Å². The second kappa shape index (κ2) is 8.72. The molecule has 29 heavy (non-hydrogen) atoms. The molecule has 0 aliphatic carbocycles. The van der Waals surface area contributed by atoms with Crippen molar-refractivity contribution in [2.75, 3.05) is 19.6 Å². The number of nitrogens with zero attached hydrogens (tertiary/aromatic N) is 1. The first-order chi connectivity index (χ1) is 14.0. The van der Waals surface area contributed by atoms with Gasteiger partial charge >= 0.3 is 0 Å². The number of carbonyl (C=O) groups is 1. The SMILES string of the molecule is Cc1cc(C)c2c(C)c(C(=O)NCC(c3cccs3)N3CCCCCC3)oc2c1. The van der Waals surface area contributed by atoms with Crippen molar-refractivity contribution in [3.63, 3.8) is 0 Å². The molecule has 5 heteroatoms. The Morgan fingerprint density at radius 1 is 1.17 bits per heavy atom. The van der Waals surface area contributed by atoms with E-state index in [9.17, 15) is 4.79 Å². The summed E-state index contributed by atoms with van der Waals surface area (Å²) in [6.45, 7) is 8.91. The largest absolute Gasteiger partial charge is 0.451 e. The molecular weight excluding hydrogens is 380 g/mol. The number of rotatable bonds is 5. The monoisotopic (exact) mass is 410 g/mol. The van der Waals surface area contributed by atoms with Gasteiger partial charge in [0.1, 0.15) is 5.58 Å². The fraction of sp³-hybridized carbons (Fsp3) is 0.458. The predicted octanol–water partition coefficient (Wildman–Crippen LogP) is 5.77. The van der Waals surface area contributed by atoms with Gasteiger partial charge in [-0.3, -0.25) is 9.69 Å². The molecule has 1 N–H and O–H groups in total. The zero-order valence-electron chi connectivity index (χ0n) is 17.6. The molecule has 1 aliphatic heterocycles. The van der Waals surface area contributed by atoms with Crippen LogP contribution >= 0.6 is 11.3 Å². The van der Waals surface area contributed by atoms with Crippen LogP contribution in [-0.4, -0.2) is 30.4 Å². The molecule has 1 atom stereocenters. The van der Waals surface area contributed by atoms with Crippen molar-refractivity contribution < 1.29 is 9.21 Å². The molecule has 1 aliphatic rings. The van der Waals surface area contributed by atoms with E-state index in [4.69, 9.17) is 4.42 Å². The highest BCUT2D eigenvalue weighted by Gasteiger charge is 2.25. The lowest BCUT2D eigenvalue weighted by atomic mass is 10.0. The van der Waals surface area contributed by atoms with Crippen molar-refractivity contribution in [3.8, 4) is 0 Å². The number of hydrogen-bond donors (Lipinski definition) is 1. The minimum atomic E-state index is -0.118. The Morgan fingerprint density at radius 3 is 2.62 bits per heavy atom. The average Bonchev–Trinajstić information content (AvgIpc) is 3.23. The molecule has 4 nitrogen and oxygen atoms in total. The summed E-state index contributed by atoms with van der Waals surface area (Å²) >= 11 is 1.77. The van der Waals surface area contributed by atoms with E-state index in [2.05, 4.69) is 47.6 Å². The number of likely N-dealkylation sites (tertiary alicyclic amines) is 1. The number of hydrogen-bond acceptors (Lipinski definition) is 4. The van der Waals surface area contributed by atoms with Gasteiger partial charge in [-0.15, -0.1) is 11.3 Å². The summed E-state index contributed by atoms with van der Waals surface area (Å²) < 4.78 is 5.99. The van der Waals surface area contributed by atoms with E-state index < -0.39 is 0 Å². The Hall–Kier alpha value is -2.11. The third kappa shape index (κ3) is 4.26. The average molecular weight is 411 g/mol. The molecule has 0 radical (unpaired) electrons. The van der Waals surface area contributed by atoms with Crippen molar-refractivity contribution in [1.29, 1.82) is 0 Å². The van der Waals surface area contributed by atoms with Crippen molar-refractivity contribution in [2.45, 2.75) is 52.5 Å². The van der Waals surface area contributed by atoms with E-state index in [1.807, 2.05) is 13.0 Å². The van der Waals surface area contributed by atoms with Gasteiger partial charge in [0.25, 0.3) is 5.91 Å². The standard InChI is InChI=1S/C24H30N2O2S/c1-16-13-17(2)22-18(3)23(28-20(22)14-16)24(27)25-15-19(21-9-8-12-29-21)26-10-6-4-5-7-11-26/h8-9,12-14,19H,4-7,10-11,15H2,1-3H3,(H,25,27). The number of furan rings is 1. The summed E-state index contributed by atoms with van der Waals surface area (Å²) in [6.07, 6.45) is 5.07. The summed E-state index contributed by atoms with van der Waals surface area (Å²) in [7, 11) is 0. The molecule has 0 spiro atoms. The van der Waals surface area contributed by atoms with Crippen LogP contribution in [0.2, 0.25) is 0 Å². The number of aryl methyl sites for hydroxylation is 3. The molecule has 0 bridgehead atoms. The molecule has 4 rings (SSSR count). The molecule has 0 saturated carbocycles. The highest BCUT2D eigenvalue weighted by Crippen LogP contribution is 2.30. The van der Waals surface area contributed by atoms with Gasteiger partial charge in [-0.2, -0.15) is 0 Å². The third-order valence-corrected chi connectivity index (χ3v) is 6.96. The smallest absolute Gasteiger partial charge is 0.287 e. The molecule has 2 aromatic heterocycles. The van der Waals surface area contributed by atoms with Gasteiger partial charge in [0.15, 0.2) is 5.76 Å². The second-order valence-corrected chi connectivity index (χ2v) is 9.18. The van der Waals surface area contributed by atoms with E-state index in [-0.39, 0.29) is 11.9 Å². The first-order valence-electron chi connectivity index (χ1n) is 10.6. The number of benzene rings is 1. The molecule has 3 aromatic rings. The molecular formula is C24H30N2O2S. The quantitative estimate of drug-likeness (QED) is 0.581. The van der Waals surface area contributed by atoms with Gasteiger partial charge in [0, 0.05) is 22.4 Å². The van der Waals surface area contributed by atoms with Crippen LogP contribution in [0.3, 0.4) is 0 Å². The molecule has 1 unspecified atom stereocenters. The summed E-state index contributed by atoms with van der Waals surface area (Å²) in [5, 5.41) is 6.35. The Kier molecular flexibility index (Phi) is 6.07. The van der Waals surface area contributed by atoms with Crippen LogP contribution in [0.1, 0.15) is 63.8 Å². The van der Waals surface area contributed by atoms with Crippen LogP contribution in [0, 0.1) is 20.8 Å². The third-order valence-electron chi connectivity index (χ3n) is 5.99. The van der Waals surface area contributed by atoms with E-state index in [0.29, 0.717) is 12.3 Å². The normalized spacial score (nSPS) is 16.7. The first-order valence-corrected chi connectivity index (χ1v) is 11.5. The van der Waals surface area contributed by atoms with Crippen LogP contribution < -0.4 is 5.32 Å². The summed E-state index contributed by atoms with van der Waals surface area (Å²) in [6, 6.07) is 8.66. The number of amides is 1. The predicted molar refractivity (Wildman–Crippen MR) is 120 cm³/mol. The maximum atomic E-state index is 13.0. The number of carbonyl (C=O) groups excluding carboxylic acids is 1. The molecule has 3 heterocycles. The fourth-order valence-electron chi connectivity index (χ4n) is 4.57. The van der Waals surface area contributed by atoms with E-state index in [1.165, 1.54) is 30.6 Å². The molecule has 1 saturated heterocycles. The van der Waals surface area contributed by atoms with E-state index >= 15 is 0 Å². The molecule has 154 valence electrons. The Bertz CT molecular complexity index is 982.